The molecule has 2 atom stereocenters. The van der Waals surface area contributed by atoms with Crippen molar-refractivity contribution in [1.29, 1.82) is 0 Å². The highest BCUT2D eigenvalue weighted by Gasteiger charge is 2.31. The highest BCUT2D eigenvalue weighted by molar-refractivity contribution is 5.72. The van der Waals surface area contributed by atoms with Crippen molar-refractivity contribution in [3.05, 3.63) is 24.3 Å². The number of hydrogen-bond donors (Lipinski definition) is 1. The average Bonchev–Trinajstić information content (AvgIpc) is 3.22. The lowest BCUT2D eigenvalue weighted by molar-refractivity contribution is -0.887. The number of esters is 2. The molecule has 0 bridgehead atoms. The van der Waals surface area contributed by atoms with Gasteiger partial charge in [-0.2, -0.15) is 0 Å². The van der Waals surface area contributed by atoms with E-state index in [4.69, 9.17) is 14.2 Å². The standard InChI is InChI=1S/C53H99NO7/c1-6-8-10-12-14-16-18-20-22-23-24-25-26-27-28-30-32-34-36-38-40-42-44-52(56)61-49(47-59-46-45-50(53(57)58)54(3,4)5)48-60-51(55)43-41-39-37-35-33-31-29-21-19-17-15-13-11-9-7-2/h23-24,26-27,49-50H,6-22,25,28-48H2,1-5H3/p+1/b24-23+,27-26+. The van der Waals surface area contributed by atoms with Crippen molar-refractivity contribution in [2.75, 3.05) is 41.0 Å². The predicted octanol–water partition coefficient (Wildman–Crippen LogP) is 14.8. The summed E-state index contributed by atoms with van der Waals surface area (Å²) < 4.78 is 17.4. The minimum atomic E-state index is -0.873. The Morgan fingerprint density at radius 3 is 1.26 bits per heavy atom. The van der Waals surface area contributed by atoms with E-state index in [1.54, 1.807) is 0 Å². The molecule has 0 amide bonds. The SMILES string of the molecule is CCCCCCCCCC/C=C/C/C=C/CCCCCCCCCC(=O)OC(COCCC(C(=O)O)[N+](C)(C)C)COC(=O)CCCCCCCCCCCCCCCCC. The molecule has 0 heterocycles. The van der Waals surface area contributed by atoms with E-state index >= 15 is 0 Å². The summed E-state index contributed by atoms with van der Waals surface area (Å²) in [5.74, 6) is -1.46. The Hall–Kier alpha value is -2.19. The Bertz CT molecular complexity index is 1050. The number of quaternary nitrogens is 1. The van der Waals surface area contributed by atoms with Gasteiger partial charge in [0.15, 0.2) is 12.1 Å². The minimum absolute atomic E-state index is 0.0494. The first kappa shape index (κ1) is 58.8. The van der Waals surface area contributed by atoms with Gasteiger partial charge in [0.2, 0.25) is 0 Å². The minimum Gasteiger partial charge on any atom is -0.477 e. The van der Waals surface area contributed by atoms with Gasteiger partial charge in [0, 0.05) is 19.3 Å². The molecular weight excluding hydrogens is 763 g/mol. The first-order valence-corrected chi connectivity index (χ1v) is 25.9. The van der Waals surface area contributed by atoms with Gasteiger partial charge in [0.25, 0.3) is 0 Å². The second kappa shape index (κ2) is 44.4. The molecule has 0 saturated heterocycles. The summed E-state index contributed by atoms with van der Waals surface area (Å²) in [6.45, 7) is 4.76. The van der Waals surface area contributed by atoms with Gasteiger partial charge in [0.05, 0.1) is 34.4 Å². The first-order valence-electron chi connectivity index (χ1n) is 25.9. The molecule has 0 radical (unpaired) electrons. The number of allylic oxidation sites excluding steroid dienone is 4. The molecule has 8 nitrogen and oxygen atoms in total. The fourth-order valence-electron chi connectivity index (χ4n) is 7.83. The van der Waals surface area contributed by atoms with Crippen molar-refractivity contribution in [2.24, 2.45) is 0 Å². The molecule has 0 rings (SSSR count). The molecule has 0 aliphatic carbocycles. The largest absolute Gasteiger partial charge is 0.477 e. The van der Waals surface area contributed by atoms with Crippen LogP contribution < -0.4 is 0 Å². The van der Waals surface area contributed by atoms with Crippen molar-refractivity contribution < 1.29 is 38.2 Å². The Kier molecular flexibility index (Phi) is 42.8. The first-order chi connectivity index (χ1) is 29.6. The number of rotatable bonds is 47. The summed E-state index contributed by atoms with van der Waals surface area (Å²) in [5, 5.41) is 9.65. The summed E-state index contributed by atoms with van der Waals surface area (Å²) in [6, 6.07) is -0.614. The van der Waals surface area contributed by atoms with Crippen molar-refractivity contribution in [1.82, 2.24) is 0 Å². The summed E-state index contributed by atoms with van der Waals surface area (Å²) in [5.41, 5.74) is 0. The molecule has 0 aliphatic heterocycles. The van der Waals surface area contributed by atoms with E-state index in [-0.39, 0.29) is 36.2 Å². The number of nitrogens with zero attached hydrogens (tertiary/aromatic N) is 1. The van der Waals surface area contributed by atoms with Gasteiger partial charge in [0.1, 0.15) is 6.61 Å². The molecule has 358 valence electrons. The van der Waals surface area contributed by atoms with Gasteiger partial charge in [-0.15, -0.1) is 0 Å². The number of carbonyl (C=O) groups excluding carboxylic acids is 2. The third kappa shape index (κ3) is 42.9. The molecule has 0 fully saturated rings. The zero-order valence-electron chi connectivity index (χ0n) is 40.9. The maximum atomic E-state index is 12.8. The summed E-state index contributed by atoms with van der Waals surface area (Å²) in [6.07, 6.45) is 50.8. The van der Waals surface area contributed by atoms with Crippen LogP contribution in [0, 0.1) is 0 Å². The molecule has 0 spiro atoms. The molecule has 0 aromatic carbocycles. The summed E-state index contributed by atoms with van der Waals surface area (Å²) >= 11 is 0. The lowest BCUT2D eigenvalue weighted by Gasteiger charge is -2.31. The van der Waals surface area contributed by atoms with Crippen molar-refractivity contribution >= 4 is 17.9 Å². The number of carbonyl (C=O) groups is 3. The molecule has 0 aliphatic rings. The van der Waals surface area contributed by atoms with E-state index in [0.717, 1.165) is 51.4 Å². The van der Waals surface area contributed by atoms with Crippen molar-refractivity contribution in [3.8, 4) is 0 Å². The van der Waals surface area contributed by atoms with Crippen LogP contribution in [-0.2, 0) is 28.6 Å². The third-order valence-electron chi connectivity index (χ3n) is 11.9. The lowest BCUT2D eigenvalue weighted by Crippen LogP contribution is -2.50. The highest BCUT2D eigenvalue weighted by atomic mass is 16.6. The number of hydrogen-bond acceptors (Lipinski definition) is 6. The van der Waals surface area contributed by atoms with Crippen LogP contribution in [0.4, 0.5) is 0 Å². The monoisotopic (exact) mass is 863 g/mol. The predicted molar refractivity (Wildman–Crippen MR) is 257 cm³/mol. The quantitative estimate of drug-likeness (QED) is 0.0281. The molecule has 2 unspecified atom stereocenters. The normalized spacial score (nSPS) is 13.0. The van der Waals surface area contributed by atoms with E-state index in [0.29, 0.717) is 19.3 Å². The number of likely N-dealkylation sites (N-methyl/N-ethyl adjacent to an activating group) is 1. The topological polar surface area (TPSA) is 99.1 Å². The van der Waals surface area contributed by atoms with Gasteiger partial charge in [-0.25, -0.2) is 4.79 Å². The van der Waals surface area contributed by atoms with Crippen LogP contribution in [0.5, 0.6) is 0 Å². The summed E-state index contributed by atoms with van der Waals surface area (Å²) in [7, 11) is 5.54. The molecule has 0 saturated carbocycles. The van der Waals surface area contributed by atoms with Gasteiger partial charge in [-0.05, 0) is 44.9 Å². The van der Waals surface area contributed by atoms with E-state index in [2.05, 4.69) is 38.2 Å². The van der Waals surface area contributed by atoms with Gasteiger partial charge < -0.3 is 23.8 Å². The Labute approximate surface area is 377 Å². The van der Waals surface area contributed by atoms with Crippen LogP contribution >= 0.6 is 0 Å². The van der Waals surface area contributed by atoms with Crippen LogP contribution in [0.2, 0.25) is 0 Å². The van der Waals surface area contributed by atoms with Crippen LogP contribution in [-0.4, -0.2) is 80.6 Å². The zero-order chi connectivity index (χ0) is 44.9. The molecule has 0 aromatic rings. The third-order valence-corrected chi connectivity index (χ3v) is 11.9. The molecule has 61 heavy (non-hydrogen) atoms. The second-order valence-electron chi connectivity index (χ2n) is 18.8. The molecule has 1 N–H and O–H groups in total. The lowest BCUT2D eigenvalue weighted by atomic mass is 10.0. The van der Waals surface area contributed by atoms with Gasteiger partial charge in [-0.3, -0.25) is 9.59 Å². The van der Waals surface area contributed by atoms with Crippen molar-refractivity contribution in [3.63, 3.8) is 0 Å². The molecule has 0 aromatic heterocycles. The Morgan fingerprint density at radius 2 is 0.869 bits per heavy atom. The molecular formula is C53H100NO7+. The Balaban J connectivity index is 4.23. The fraction of sp³-hybridized carbons (Fsp3) is 0.868. The number of unbranched alkanes of at least 4 members (excludes halogenated alkanes) is 29. The maximum absolute atomic E-state index is 12.8. The van der Waals surface area contributed by atoms with Crippen LogP contribution in [0.1, 0.15) is 245 Å². The Morgan fingerprint density at radius 1 is 0.492 bits per heavy atom. The zero-order valence-corrected chi connectivity index (χ0v) is 40.9. The second-order valence-corrected chi connectivity index (χ2v) is 18.8. The van der Waals surface area contributed by atoms with Gasteiger partial charge in [-0.1, -0.05) is 205 Å². The maximum Gasteiger partial charge on any atom is 0.362 e. The van der Waals surface area contributed by atoms with E-state index in [9.17, 15) is 19.5 Å². The van der Waals surface area contributed by atoms with Gasteiger partial charge >= 0.3 is 17.9 Å². The van der Waals surface area contributed by atoms with Crippen LogP contribution in [0.3, 0.4) is 0 Å². The smallest absolute Gasteiger partial charge is 0.362 e. The highest BCUT2D eigenvalue weighted by Crippen LogP contribution is 2.16. The average molecular weight is 863 g/mol. The number of ether oxygens (including phenoxy) is 3. The van der Waals surface area contributed by atoms with Crippen molar-refractivity contribution in [2.45, 2.75) is 257 Å². The molecule has 8 heteroatoms. The van der Waals surface area contributed by atoms with E-state index in [1.807, 2.05) is 21.1 Å². The van der Waals surface area contributed by atoms with Crippen LogP contribution in [0.25, 0.3) is 0 Å². The van der Waals surface area contributed by atoms with E-state index in [1.165, 1.54) is 161 Å². The number of carboxylic acid groups (broad SMARTS) is 1. The fourth-order valence-corrected chi connectivity index (χ4v) is 7.83. The van der Waals surface area contributed by atoms with Crippen LogP contribution in [0.15, 0.2) is 24.3 Å². The van der Waals surface area contributed by atoms with E-state index < -0.39 is 18.1 Å². The number of aliphatic carboxylic acids is 1. The number of carboxylic acids is 1. The summed E-state index contributed by atoms with van der Waals surface area (Å²) in [4.78, 5) is 37.1.